The summed E-state index contributed by atoms with van der Waals surface area (Å²) in [6.07, 6.45) is 0. The fraction of sp³-hybridized carbons (Fsp3) is 0.588. The van der Waals surface area contributed by atoms with Gasteiger partial charge in [-0.15, -0.1) is 0 Å². The fourth-order valence-electron chi connectivity index (χ4n) is 2.54. The molecule has 1 atom stereocenters. The number of hydrogen-bond donors (Lipinski definition) is 1. The Kier molecular flexibility index (Phi) is 6.37. The van der Waals surface area contributed by atoms with Crippen LogP contribution in [0, 0.1) is 5.92 Å². The third-order valence-corrected chi connectivity index (χ3v) is 6.38. The average Bonchev–Trinajstić information content (AvgIpc) is 2.56. The van der Waals surface area contributed by atoms with E-state index in [1.165, 1.54) is 4.31 Å². The standard InChI is InChI=1S/C17H27N3O3S/c1-14(2)15(3)18-17(21)13-19-9-11-20(12-10-19)24(22,23)16-7-5-4-6-8-16/h4-8,14-15H,9-13H2,1-3H3,(H,18,21)/t15-/m1/s1. The summed E-state index contributed by atoms with van der Waals surface area (Å²) in [6.45, 7) is 8.39. The van der Waals surface area contributed by atoms with Crippen molar-refractivity contribution in [2.45, 2.75) is 31.7 Å². The summed E-state index contributed by atoms with van der Waals surface area (Å²) in [5, 5.41) is 2.98. The van der Waals surface area contributed by atoms with E-state index >= 15 is 0 Å². The van der Waals surface area contributed by atoms with Crippen LogP contribution in [0.25, 0.3) is 0 Å². The number of rotatable bonds is 6. The molecule has 1 heterocycles. The molecular formula is C17H27N3O3S. The lowest BCUT2D eigenvalue weighted by Crippen LogP contribution is -2.51. The van der Waals surface area contributed by atoms with Gasteiger partial charge in [-0.2, -0.15) is 4.31 Å². The molecule has 2 rings (SSSR count). The molecule has 6 nitrogen and oxygen atoms in total. The second kappa shape index (κ2) is 8.09. The number of hydrogen-bond acceptors (Lipinski definition) is 4. The molecule has 0 saturated carbocycles. The molecular weight excluding hydrogens is 326 g/mol. The Morgan fingerprint density at radius 1 is 1.08 bits per heavy atom. The summed E-state index contributed by atoms with van der Waals surface area (Å²) >= 11 is 0. The molecule has 1 aromatic carbocycles. The van der Waals surface area contributed by atoms with Crippen LogP contribution in [0.5, 0.6) is 0 Å². The Morgan fingerprint density at radius 3 is 2.21 bits per heavy atom. The monoisotopic (exact) mass is 353 g/mol. The van der Waals surface area contributed by atoms with Crippen molar-refractivity contribution in [3.8, 4) is 0 Å². The van der Waals surface area contributed by atoms with Crippen LogP contribution >= 0.6 is 0 Å². The Labute approximate surface area is 144 Å². The van der Waals surface area contributed by atoms with Crippen LogP contribution in [-0.4, -0.2) is 62.3 Å². The highest BCUT2D eigenvalue weighted by molar-refractivity contribution is 7.89. The molecule has 0 bridgehead atoms. The van der Waals surface area contributed by atoms with Crippen molar-refractivity contribution in [3.05, 3.63) is 30.3 Å². The van der Waals surface area contributed by atoms with Gasteiger partial charge in [0.2, 0.25) is 15.9 Å². The Bertz CT molecular complexity index is 638. The largest absolute Gasteiger partial charge is 0.352 e. The van der Waals surface area contributed by atoms with Crippen LogP contribution in [0.1, 0.15) is 20.8 Å². The lowest BCUT2D eigenvalue weighted by Gasteiger charge is -2.33. The summed E-state index contributed by atoms with van der Waals surface area (Å²) in [5.74, 6) is 0.386. The van der Waals surface area contributed by atoms with Crippen molar-refractivity contribution in [2.24, 2.45) is 5.92 Å². The van der Waals surface area contributed by atoms with E-state index in [9.17, 15) is 13.2 Å². The first-order valence-corrected chi connectivity index (χ1v) is 9.81. The molecule has 1 saturated heterocycles. The van der Waals surface area contributed by atoms with E-state index in [0.717, 1.165) is 0 Å². The summed E-state index contributed by atoms with van der Waals surface area (Å²) in [5.41, 5.74) is 0. The summed E-state index contributed by atoms with van der Waals surface area (Å²) < 4.78 is 26.6. The van der Waals surface area contributed by atoms with E-state index in [0.29, 0.717) is 43.5 Å². The minimum atomic E-state index is -3.44. The molecule has 134 valence electrons. The minimum absolute atomic E-state index is 0.00411. The topological polar surface area (TPSA) is 69.7 Å². The number of nitrogens with zero attached hydrogens (tertiary/aromatic N) is 2. The van der Waals surface area contributed by atoms with E-state index in [1.807, 2.05) is 11.8 Å². The molecule has 0 radical (unpaired) electrons. The van der Waals surface area contributed by atoms with Crippen molar-refractivity contribution in [1.29, 1.82) is 0 Å². The van der Waals surface area contributed by atoms with Crippen LogP contribution in [0.3, 0.4) is 0 Å². The molecule has 7 heteroatoms. The molecule has 1 aliphatic heterocycles. The second-order valence-corrected chi connectivity index (χ2v) is 8.53. The molecule has 24 heavy (non-hydrogen) atoms. The van der Waals surface area contributed by atoms with Gasteiger partial charge in [0.05, 0.1) is 11.4 Å². The third kappa shape index (κ3) is 4.78. The number of carbonyl (C=O) groups excluding carboxylic acids is 1. The molecule has 0 spiro atoms. The molecule has 1 fully saturated rings. The number of amides is 1. The molecule has 1 aromatic rings. The van der Waals surface area contributed by atoms with Gasteiger partial charge < -0.3 is 5.32 Å². The maximum Gasteiger partial charge on any atom is 0.243 e. The van der Waals surface area contributed by atoms with Gasteiger partial charge >= 0.3 is 0 Å². The number of sulfonamides is 1. The first kappa shape index (κ1) is 18.9. The van der Waals surface area contributed by atoms with Crippen LogP contribution in [0.15, 0.2) is 35.2 Å². The van der Waals surface area contributed by atoms with Crippen molar-refractivity contribution in [2.75, 3.05) is 32.7 Å². The molecule has 1 amide bonds. The van der Waals surface area contributed by atoms with Crippen LogP contribution in [0.2, 0.25) is 0 Å². The fourth-order valence-corrected chi connectivity index (χ4v) is 3.98. The lowest BCUT2D eigenvalue weighted by atomic mass is 10.1. The maximum absolute atomic E-state index is 12.6. The Morgan fingerprint density at radius 2 is 1.67 bits per heavy atom. The molecule has 0 unspecified atom stereocenters. The van der Waals surface area contributed by atoms with Gasteiger partial charge in [0.1, 0.15) is 0 Å². The zero-order valence-electron chi connectivity index (χ0n) is 14.6. The molecule has 0 aliphatic carbocycles. The second-order valence-electron chi connectivity index (χ2n) is 6.59. The van der Waals surface area contributed by atoms with E-state index in [-0.39, 0.29) is 11.9 Å². The zero-order valence-corrected chi connectivity index (χ0v) is 15.4. The van der Waals surface area contributed by atoms with E-state index < -0.39 is 10.0 Å². The van der Waals surface area contributed by atoms with Gasteiger partial charge in [-0.3, -0.25) is 9.69 Å². The summed E-state index contributed by atoms with van der Waals surface area (Å²) in [7, 11) is -3.44. The first-order valence-electron chi connectivity index (χ1n) is 8.37. The molecule has 1 N–H and O–H groups in total. The van der Waals surface area contributed by atoms with E-state index in [1.54, 1.807) is 30.3 Å². The van der Waals surface area contributed by atoms with Crippen LogP contribution in [0.4, 0.5) is 0 Å². The number of benzene rings is 1. The molecule has 0 aromatic heterocycles. The highest BCUT2D eigenvalue weighted by Crippen LogP contribution is 2.17. The van der Waals surface area contributed by atoms with Crippen molar-refractivity contribution in [3.63, 3.8) is 0 Å². The Balaban J connectivity index is 1.86. The Hall–Kier alpha value is -1.44. The maximum atomic E-state index is 12.6. The number of nitrogens with one attached hydrogen (secondary N) is 1. The average molecular weight is 353 g/mol. The summed E-state index contributed by atoms with van der Waals surface area (Å²) in [4.78, 5) is 14.4. The van der Waals surface area contributed by atoms with Gasteiger partial charge in [0.25, 0.3) is 0 Å². The quantitative estimate of drug-likeness (QED) is 0.833. The van der Waals surface area contributed by atoms with Crippen molar-refractivity contribution < 1.29 is 13.2 Å². The van der Waals surface area contributed by atoms with Crippen molar-refractivity contribution >= 4 is 15.9 Å². The predicted molar refractivity (Wildman–Crippen MR) is 94.1 cm³/mol. The highest BCUT2D eigenvalue weighted by atomic mass is 32.2. The van der Waals surface area contributed by atoms with E-state index in [4.69, 9.17) is 0 Å². The van der Waals surface area contributed by atoms with Crippen molar-refractivity contribution in [1.82, 2.24) is 14.5 Å². The van der Waals surface area contributed by atoms with Gasteiger partial charge in [-0.05, 0) is 25.0 Å². The number of piperazine rings is 1. The lowest BCUT2D eigenvalue weighted by molar-refractivity contribution is -0.123. The van der Waals surface area contributed by atoms with E-state index in [2.05, 4.69) is 19.2 Å². The highest BCUT2D eigenvalue weighted by Gasteiger charge is 2.29. The van der Waals surface area contributed by atoms with Crippen LogP contribution in [-0.2, 0) is 14.8 Å². The first-order chi connectivity index (χ1) is 11.3. The smallest absolute Gasteiger partial charge is 0.243 e. The van der Waals surface area contributed by atoms with Gasteiger partial charge in [0.15, 0.2) is 0 Å². The van der Waals surface area contributed by atoms with Gasteiger partial charge in [-0.25, -0.2) is 8.42 Å². The number of carbonyl (C=O) groups is 1. The van der Waals surface area contributed by atoms with Gasteiger partial charge in [-0.1, -0.05) is 32.0 Å². The zero-order chi connectivity index (χ0) is 17.7. The third-order valence-electron chi connectivity index (χ3n) is 4.47. The summed E-state index contributed by atoms with van der Waals surface area (Å²) in [6, 6.07) is 8.61. The minimum Gasteiger partial charge on any atom is -0.352 e. The van der Waals surface area contributed by atoms with Crippen LogP contribution < -0.4 is 5.32 Å². The normalized spacial score (nSPS) is 18.5. The SMILES string of the molecule is CC(C)[C@@H](C)NC(=O)CN1CCN(S(=O)(=O)c2ccccc2)CC1. The van der Waals surface area contributed by atoms with Gasteiger partial charge in [0, 0.05) is 32.2 Å². The molecule has 1 aliphatic rings. The predicted octanol–water partition coefficient (Wildman–Crippen LogP) is 1.15.